The number of hydrogen-bond donors (Lipinski definition) is 1. The molecule has 25 heavy (non-hydrogen) atoms. The minimum absolute atomic E-state index is 0.299. The van der Waals surface area contributed by atoms with Crippen LogP contribution in [0.1, 0.15) is 6.42 Å². The van der Waals surface area contributed by atoms with Crippen molar-refractivity contribution in [1.82, 2.24) is 5.32 Å². The fraction of sp³-hybridized carbons (Fsp3) is 0.800. The molecule has 1 amide bonds. The van der Waals surface area contributed by atoms with Gasteiger partial charge in [0.25, 0.3) is 0 Å². The Kier molecular flexibility index (Phi) is 9.53. The Hall–Kier alpha value is -0.242. The lowest BCUT2D eigenvalue weighted by Crippen LogP contribution is -2.60. The van der Waals surface area contributed by atoms with E-state index in [4.69, 9.17) is 17.1 Å². The highest BCUT2D eigenvalue weighted by atomic mass is 28.5. The largest absolute Gasteiger partial charge is 0.469 e. The zero-order valence-corrected chi connectivity index (χ0v) is 21.4. The van der Waals surface area contributed by atoms with Crippen LogP contribution in [-0.2, 0) is 17.1 Å². The van der Waals surface area contributed by atoms with Gasteiger partial charge in [0, 0.05) is 6.04 Å². The topological polar surface area (TPSA) is 66.0 Å². The number of ether oxygens (including phenoxy) is 1. The van der Waals surface area contributed by atoms with Crippen molar-refractivity contribution < 1.29 is 21.9 Å². The first kappa shape index (κ1) is 24.8. The summed E-state index contributed by atoms with van der Waals surface area (Å²) >= 11 is 0. The molecule has 0 atom stereocenters. The minimum Gasteiger partial charge on any atom is -0.449 e. The highest BCUT2D eigenvalue weighted by Crippen LogP contribution is 2.29. The second kappa shape index (κ2) is 9.62. The maximum absolute atomic E-state index is 11.4. The standard InChI is InChI=1S/C15H37NO5Si4/c1-11-16-15(17)18-13-12-14-25(19-22(2,3)4,20-23(5,6)7)21-24(8,9)10/h11H,1,12-14H2,2-10H3,(H,16,17). The van der Waals surface area contributed by atoms with Gasteiger partial charge in [0.1, 0.15) is 0 Å². The second-order valence-corrected chi connectivity index (χ2v) is 25.9. The van der Waals surface area contributed by atoms with Crippen LogP contribution in [0.15, 0.2) is 12.8 Å². The van der Waals surface area contributed by atoms with Crippen LogP contribution in [0.25, 0.3) is 0 Å². The van der Waals surface area contributed by atoms with Crippen molar-refractivity contribution in [3.8, 4) is 0 Å². The Morgan fingerprint density at radius 3 is 1.60 bits per heavy atom. The molecule has 0 aromatic carbocycles. The van der Waals surface area contributed by atoms with Gasteiger partial charge in [-0.1, -0.05) is 6.58 Å². The molecular weight excluding hydrogens is 387 g/mol. The Bertz CT molecular complexity index is 400. The van der Waals surface area contributed by atoms with Gasteiger partial charge in [-0.3, -0.25) is 5.32 Å². The van der Waals surface area contributed by atoms with Crippen molar-refractivity contribution in [2.75, 3.05) is 6.61 Å². The molecule has 0 rings (SSSR count). The van der Waals surface area contributed by atoms with Crippen LogP contribution in [0.3, 0.4) is 0 Å². The van der Waals surface area contributed by atoms with Gasteiger partial charge in [0.05, 0.1) is 6.61 Å². The molecule has 0 spiro atoms. The third-order valence-electron chi connectivity index (χ3n) is 2.47. The van der Waals surface area contributed by atoms with Crippen LogP contribution >= 0.6 is 0 Å². The van der Waals surface area contributed by atoms with Crippen LogP contribution < -0.4 is 5.32 Å². The number of nitrogens with one attached hydrogen (secondary N) is 1. The van der Waals surface area contributed by atoms with E-state index in [-0.39, 0.29) is 0 Å². The molecule has 0 aliphatic carbocycles. The molecule has 0 aliphatic heterocycles. The Balaban J connectivity index is 5.23. The van der Waals surface area contributed by atoms with Crippen molar-refractivity contribution in [2.24, 2.45) is 0 Å². The van der Waals surface area contributed by atoms with Gasteiger partial charge in [0.15, 0.2) is 25.0 Å². The fourth-order valence-electron chi connectivity index (χ4n) is 2.19. The monoisotopic (exact) mass is 423 g/mol. The summed E-state index contributed by atoms with van der Waals surface area (Å²) < 4.78 is 24.8. The number of rotatable bonds is 11. The zero-order valence-electron chi connectivity index (χ0n) is 17.4. The van der Waals surface area contributed by atoms with Crippen molar-refractivity contribution in [2.45, 2.75) is 71.4 Å². The first-order chi connectivity index (χ1) is 11.1. The highest BCUT2D eigenvalue weighted by molar-refractivity contribution is 6.90. The van der Waals surface area contributed by atoms with E-state index in [0.717, 1.165) is 0 Å². The van der Waals surface area contributed by atoms with E-state index < -0.39 is 39.8 Å². The molecule has 1 N–H and O–H groups in total. The lowest BCUT2D eigenvalue weighted by atomic mass is 10.5. The first-order valence-electron chi connectivity index (χ1n) is 8.72. The van der Waals surface area contributed by atoms with Crippen molar-refractivity contribution in [3.05, 3.63) is 12.8 Å². The molecule has 0 fully saturated rings. The summed E-state index contributed by atoms with van der Waals surface area (Å²) in [6.07, 6.45) is 1.46. The van der Waals surface area contributed by atoms with Crippen LogP contribution in [0.4, 0.5) is 4.79 Å². The Morgan fingerprint density at radius 1 is 0.880 bits per heavy atom. The minimum atomic E-state index is -2.84. The quantitative estimate of drug-likeness (QED) is 0.384. The van der Waals surface area contributed by atoms with E-state index >= 15 is 0 Å². The van der Waals surface area contributed by atoms with E-state index in [9.17, 15) is 4.79 Å². The van der Waals surface area contributed by atoms with Crippen LogP contribution in [-0.4, -0.2) is 46.5 Å². The molecule has 0 aromatic rings. The summed E-state index contributed by atoms with van der Waals surface area (Å²) in [4.78, 5) is 11.4. The maximum atomic E-state index is 11.4. The van der Waals surface area contributed by atoms with Crippen molar-refractivity contribution in [3.63, 3.8) is 0 Å². The van der Waals surface area contributed by atoms with Gasteiger partial charge < -0.3 is 17.1 Å². The van der Waals surface area contributed by atoms with Gasteiger partial charge in [-0.05, 0) is 71.5 Å². The van der Waals surface area contributed by atoms with Crippen LogP contribution in [0, 0.1) is 0 Å². The van der Waals surface area contributed by atoms with Crippen molar-refractivity contribution in [1.29, 1.82) is 0 Å². The normalized spacial score (nSPS) is 13.5. The maximum Gasteiger partial charge on any atom is 0.469 e. The molecule has 6 nitrogen and oxygen atoms in total. The molecule has 0 bridgehead atoms. The van der Waals surface area contributed by atoms with Gasteiger partial charge >= 0.3 is 14.9 Å². The molecule has 148 valence electrons. The predicted octanol–water partition coefficient (Wildman–Crippen LogP) is 4.74. The SMILES string of the molecule is C=CNC(=O)OCCC[Si](O[Si](C)(C)C)(O[Si](C)(C)C)O[Si](C)(C)C. The molecule has 0 unspecified atom stereocenters. The third-order valence-corrected chi connectivity index (χ3v) is 14.5. The van der Waals surface area contributed by atoms with E-state index in [1.807, 2.05) is 0 Å². The molecule has 0 aromatic heterocycles. The molecule has 0 aliphatic rings. The molecule has 0 saturated heterocycles. The Morgan fingerprint density at radius 2 is 1.28 bits per heavy atom. The summed E-state index contributed by atoms with van der Waals surface area (Å²) in [5.74, 6) is 0. The molecular formula is C15H37NO5Si4. The van der Waals surface area contributed by atoms with Gasteiger partial charge in [-0.15, -0.1) is 0 Å². The summed E-state index contributed by atoms with van der Waals surface area (Å²) in [5.41, 5.74) is 0. The average molecular weight is 424 g/mol. The molecule has 0 saturated carbocycles. The third kappa shape index (κ3) is 13.6. The fourth-order valence-corrected chi connectivity index (χ4v) is 16.8. The van der Waals surface area contributed by atoms with E-state index in [1.165, 1.54) is 6.20 Å². The Labute approximate surface area is 158 Å². The molecule has 0 radical (unpaired) electrons. The lowest BCUT2D eigenvalue weighted by molar-refractivity contribution is 0.147. The summed E-state index contributed by atoms with van der Waals surface area (Å²) in [6.45, 7) is 23.1. The predicted molar refractivity (Wildman–Crippen MR) is 113 cm³/mol. The number of carbonyl (C=O) groups excluding carboxylic acids is 1. The number of hydrogen-bond acceptors (Lipinski definition) is 5. The van der Waals surface area contributed by atoms with Crippen LogP contribution in [0.5, 0.6) is 0 Å². The van der Waals surface area contributed by atoms with Crippen molar-refractivity contribution >= 4 is 39.8 Å². The molecule has 10 heteroatoms. The van der Waals surface area contributed by atoms with Gasteiger partial charge in [-0.2, -0.15) is 0 Å². The average Bonchev–Trinajstić information content (AvgIpc) is 2.28. The van der Waals surface area contributed by atoms with E-state index in [1.54, 1.807) is 0 Å². The summed E-state index contributed by atoms with van der Waals surface area (Å²) in [7, 11) is -8.43. The van der Waals surface area contributed by atoms with Gasteiger partial charge in [-0.25, -0.2) is 4.79 Å². The van der Waals surface area contributed by atoms with E-state index in [0.29, 0.717) is 19.1 Å². The van der Waals surface area contributed by atoms with E-state index in [2.05, 4.69) is 70.8 Å². The number of alkyl carbamates (subject to hydrolysis) is 1. The summed E-state index contributed by atoms with van der Waals surface area (Å²) in [5, 5.41) is 2.40. The summed E-state index contributed by atoms with van der Waals surface area (Å²) in [6, 6.07) is 0.660. The smallest absolute Gasteiger partial charge is 0.449 e. The number of amides is 1. The number of carbonyl (C=O) groups is 1. The highest BCUT2D eigenvalue weighted by Gasteiger charge is 2.49. The first-order valence-corrected chi connectivity index (χ1v) is 20.9. The lowest BCUT2D eigenvalue weighted by Gasteiger charge is -2.42. The zero-order chi connectivity index (χ0) is 19.9. The van der Waals surface area contributed by atoms with Gasteiger partial charge in [0.2, 0.25) is 0 Å². The van der Waals surface area contributed by atoms with Crippen LogP contribution in [0.2, 0.25) is 65.0 Å². The molecule has 0 heterocycles. The second-order valence-electron chi connectivity index (χ2n) is 8.91.